The average Bonchev–Trinajstić information content (AvgIpc) is 2.79. The zero-order chi connectivity index (χ0) is 12.1. The lowest BCUT2D eigenvalue weighted by atomic mass is 10.1. The Morgan fingerprint density at radius 1 is 1.41 bits per heavy atom. The minimum absolute atomic E-state index is 0.0552. The molecule has 4 nitrogen and oxygen atoms in total. The molecule has 1 heterocycles. The fourth-order valence-corrected chi connectivity index (χ4v) is 1.58. The smallest absolute Gasteiger partial charge is 0.226 e. The maximum Gasteiger partial charge on any atom is 0.226 e. The molecule has 0 spiro atoms. The van der Waals surface area contributed by atoms with Gasteiger partial charge in [0.05, 0.1) is 12.1 Å². The lowest BCUT2D eigenvalue weighted by Crippen LogP contribution is -2.24. The van der Waals surface area contributed by atoms with Crippen LogP contribution in [0, 0.1) is 6.92 Å². The Labute approximate surface area is 99.6 Å². The van der Waals surface area contributed by atoms with E-state index in [2.05, 4.69) is 21.1 Å². The highest BCUT2D eigenvalue weighted by Crippen LogP contribution is 2.03. The molecule has 1 aromatic carbocycles. The highest BCUT2D eigenvalue weighted by atomic mass is 16.5. The van der Waals surface area contributed by atoms with Crippen molar-refractivity contribution in [3.8, 4) is 0 Å². The number of hydrogen-bond donors (Lipinski definition) is 1. The van der Waals surface area contributed by atoms with E-state index in [9.17, 15) is 4.79 Å². The fraction of sp³-hybridized carbons (Fsp3) is 0.231. The number of nitrogens with zero attached hydrogens (tertiary/aromatic N) is 1. The van der Waals surface area contributed by atoms with Gasteiger partial charge in [-0.05, 0) is 12.5 Å². The molecule has 0 unspecified atom stereocenters. The number of carbonyl (C=O) groups is 1. The van der Waals surface area contributed by atoms with Crippen LogP contribution in [0.2, 0.25) is 0 Å². The van der Waals surface area contributed by atoms with Crippen molar-refractivity contribution in [1.82, 2.24) is 10.5 Å². The summed E-state index contributed by atoms with van der Waals surface area (Å²) in [5.74, 6) is -0.0552. The molecular formula is C13H14N2O2. The molecule has 1 N–H and O–H groups in total. The van der Waals surface area contributed by atoms with E-state index < -0.39 is 0 Å². The molecule has 0 aliphatic heterocycles. The summed E-state index contributed by atoms with van der Waals surface area (Å²) in [4.78, 5) is 11.6. The summed E-state index contributed by atoms with van der Waals surface area (Å²) in [5, 5.41) is 6.53. The van der Waals surface area contributed by atoms with Crippen molar-refractivity contribution in [2.75, 3.05) is 0 Å². The second-order valence-electron chi connectivity index (χ2n) is 3.93. The van der Waals surface area contributed by atoms with Crippen LogP contribution in [0.1, 0.15) is 16.8 Å². The zero-order valence-corrected chi connectivity index (χ0v) is 9.64. The van der Waals surface area contributed by atoms with Gasteiger partial charge in [-0.15, -0.1) is 0 Å². The van der Waals surface area contributed by atoms with Gasteiger partial charge < -0.3 is 9.84 Å². The Hall–Kier alpha value is -2.10. The molecule has 88 valence electrons. The SMILES string of the molecule is Cc1cccc(CNC(=O)Cc2ccon2)c1. The topological polar surface area (TPSA) is 55.1 Å². The molecule has 0 aliphatic rings. The van der Waals surface area contributed by atoms with Crippen LogP contribution in [-0.4, -0.2) is 11.1 Å². The van der Waals surface area contributed by atoms with Crippen LogP contribution in [0.25, 0.3) is 0 Å². The molecule has 0 aliphatic carbocycles. The van der Waals surface area contributed by atoms with Crippen LogP contribution >= 0.6 is 0 Å². The van der Waals surface area contributed by atoms with Crippen molar-refractivity contribution >= 4 is 5.91 Å². The van der Waals surface area contributed by atoms with Gasteiger partial charge in [0, 0.05) is 12.6 Å². The lowest BCUT2D eigenvalue weighted by molar-refractivity contribution is -0.120. The number of aromatic nitrogens is 1. The summed E-state index contributed by atoms with van der Waals surface area (Å²) in [6.07, 6.45) is 1.71. The lowest BCUT2D eigenvalue weighted by Gasteiger charge is -2.04. The first-order valence-corrected chi connectivity index (χ1v) is 5.45. The van der Waals surface area contributed by atoms with Crippen LogP contribution in [0.5, 0.6) is 0 Å². The normalized spacial score (nSPS) is 10.2. The molecule has 2 aromatic rings. The maximum absolute atomic E-state index is 11.6. The number of nitrogens with one attached hydrogen (secondary N) is 1. The van der Waals surface area contributed by atoms with Crippen molar-refractivity contribution < 1.29 is 9.32 Å². The molecule has 0 saturated heterocycles. The largest absolute Gasteiger partial charge is 0.364 e. The molecule has 0 atom stereocenters. The molecule has 17 heavy (non-hydrogen) atoms. The van der Waals surface area contributed by atoms with Crippen LogP contribution in [-0.2, 0) is 17.8 Å². The molecular weight excluding hydrogens is 216 g/mol. The van der Waals surface area contributed by atoms with Crippen molar-refractivity contribution in [2.45, 2.75) is 19.9 Å². The number of hydrogen-bond acceptors (Lipinski definition) is 3. The van der Waals surface area contributed by atoms with Gasteiger partial charge in [-0.2, -0.15) is 0 Å². The minimum atomic E-state index is -0.0552. The Kier molecular flexibility index (Phi) is 3.55. The number of carbonyl (C=O) groups excluding carboxylic acids is 1. The van der Waals surface area contributed by atoms with E-state index in [4.69, 9.17) is 0 Å². The van der Waals surface area contributed by atoms with E-state index in [1.807, 2.05) is 25.1 Å². The third-order valence-corrected chi connectivity index (χ3v) is 2.41. The molecule has 1 amide bonds. The van der Waals surface area contributed by atoms with Crippen LogP contribution < -0.4 is 5.32 Å². The van der Waals surface area contributed by atoms with Crippen molar-refractivity contribution in [3.63, 3.8) is 0 Å². The number of amides is 1. The highest BCUT2D eigenvalue weighted by Gasteiger charge is 2.05. The van der Waals surface area contributed by atoms with Crippen LogP contribution in [0.4, 0.5) is 0 Å². The number of aryl methyl sites for hydroxylation is 1. The molecule has 0 bridgehead atoms. The van der Waals surface area contributed by atoms with Gasteiger partial charge in [0.25, 0.3) is 0 Å². The fourth-order valence-electron chi connectivity index (χ4n) is 1.58. The average molecular weight is 230 g/mol. The second-order valence-corrected chi connectivity index (χ2v) is 3.93. The summed E-state index contributed by atoms with van der Waals surface area (Å²) in [6.45, 7) is 2.57. The van der Waals surface area contributed by atoms with E-state index in [1.54, 1.807) is 6.07 Å². The first kappa shape index (κ1) is 11.4. The second kappa shape index (κ2) is 5.30. The molecule has 2 rings (SSSR count). The van der Waals surface area contributed by atoms with Gasteiger partial charge in [0.2, 0.25) is 5.91 Å². The summed E-state index contributed by atoms with van der Waals surface area (Å²) >= 11 is 0. The Morgan fingerprint density at radius 3 is 3.00 bits per heavy atom. The van der Waals surface area contributed by atoms with E-state index in [1.165, 1.54) is 11.8 Å². The Morgan fingerprint density at radius 2 is 2.29 bits per heavy atom. The van der Waals surface area contributed by atoms with E-state index in [-0.39, 0.29) is 12.3 Å². The molecule has 0 fully saturated rings. The zero-order valence-electron chi connectivity index (χ0n) is 9.64. The van der Waals surface area contributed by atoms with Gasteiger partial charge in [0.1, 0.15) is 6.26 Å². The summed E-state index contributed by atoms with van der Waals surface area (Å²) in [6, 6.07) is 9.74. The monoisotopic (exact) mass is 230 g/mol. The van der Waals surface area contributed by atoms with Gasteiger partial charge in [-0.1, -0.05) is 35.0 Å². The van der Waals surface area contributed by atoms with E-state index in [0.29, 0.717) is 12.2 Å². The van der Waals surface area contributed by atoms with Gasteiger partial charge >= 0.3 is 0 Å². The van der Waals surface area contributed by atoms with Crippen LogP contribution in [0.15, 0.2) is 41.1 Å². The number of rotatable bonds is 4. The molecule has 4 heteroatoms. The third kappa shape index (κ3) is 3.45. The Balaban J connectivity index is 1.84. The number of benzene rings is 1. The van der Waals surface area contributed by atoms with Crippen molar-refractivity contribution in [1.29, 1.82) is 0 Å². The van der Waals surface area contributed by atoms with Crippen molar-refractivity contribution in [2.24, 2.45) is 0 Å². The predicted octanol–water partition coefficient (Wildman–Crippen LogP) is 1.84. The molecule has 0 saturated carbocycles. The first-order valence-electron chi connectivity index (χ1n) is 5.45. The highest BCUT2D eigenvalue weighted by molar-refractivity contribution is 5.77. The minimum Gasteiger partial charge on any atom is -0.364 e. The van der Waals surface area contributed by atoms with Crippen molar-refractivity contribution in [3.05, 3.63) is 53.4 Å². The van der Waals surface area contributed by atoms with Gasteiger partial charge in [-0.3, -0.25) is 4.79 Å². The standard InChI is InChI=1S/C13H14N2O2/c1-10-3-2-4-11(7-10)9-14-13(16)8-12-5-6-17-15-12/h2-7H,8-9H2,1H3,(H,14,16). The van der Waals surface area contributed by atoms with Gasteiger partial charge in [-0.25, -0.2) is 0 Å². The van der Waals surface area contributed by atoms with Gasteiger partial charge in [0.15, 0.2) is 0 Å². The molecule has 0 radical (unpaired) electrons. The van der Waals surface area contributed by atoms with E-state index in [0.717, 1.165) is 5.56 Å². The van der Waals surface area contributed by atoms with Crippen LogP contribution in [0.3, 0.4) is 0 Å². The Bertz CT molecular complexity index is 492. The summed E-state index contributed by atoms with van der Waals surface area (Å²) < 4.78 is 4.66. The summed E-state index contributed by atoms with van der Waals surface area (Å²) in [7, 11) is 0. The summed E-state index contributed by atoms with van der Waals surface area (Å²) in [5.41, 5.74) is 2.93. The predicted molar refractivity (Wildman–Crippen MR) is 63.2 cm³/mol. The first-order chi connectivity index (χ1) is 8.24. The quantitative estimate of drug-likeness (QED) is 0.872. The molecule has 1 aromatic heterocycles. The maximum atomic E-state index is 11.6. The third-order valence-electron chi connectivity index (χ3n) is 2.41. The van der Waals surface area contributed by atoms with E-state index >= 15 is 0 Å².